The van der Waals surface area contributed by atoms with Gasteiger partial charge in [-0.05, 0) is 37.6 Å². The molecule has 0 saturated carbocycles. The average molecular weight is 249 g/mol. The Morgan fingerprint density at radius 1 is 1.44 bits per heavy atom. The third-order valence-corrected chi connectivity index (χ3v) is 3.77. The molecular formula is C14H19NO3. The van der Waals surface area contributed by atoms with Gasteiger partial charge in [0.2, 0.25) is 0 Å². The number of benzene rings is 1. The number of carbonyl (C=O) groups is 1. The number of ether oxygens (including phenoxy) is 1. The van der Waals surface area contributed by atoms with Gasteiger partial charge in [0.25, 0.3) is 0 Å². The van der Waals surface area contributed by atoms with Crippen molar-refractivity contribution in [3.05, 3.63) is 29.8 Å². The Hall–Kier alpha value is -1.55. The van der Waals surface area contributed by atoms with Crippen LogP contribution in [0.1, 0.15) is 23.7 Å². The molecule has 1 aromatic rings. The monoisotopic (exact) mass is 249 g/mol. The van der Waals surface area contributed by atoms with E-state index in [1.165, 1.54) is 7.11 Å². The first-order valence-electron chi connectivity index (χ1n) is 6.23. The van der Waals surface area contributed by atoms with Gasteiger partial charge in [-0.15, -0.1) is 0 Å². The second-order valence-corrected chi connectivity index (χ2v) is 4.70. The summed E-state index contributed by atoms with van der Waals surface area (Å²) < 4.78 is 4.67. The number of rotatable bonds is 3. The Bertz CT molecular complexity index is 416. The highest BCUT2D eigenvalue weighted by molar-refractivity contribution is 5.89. The van der Waals surface area contributed by atoms with Gasteiger partial charge in [-0.2, -0.15) is 0 Å². The third kappa shape index (κ3) is 2.34. The third-order valence-electron chi connectivity index (χ3n) is 3.77. The predicted octanol–water partition coefficient (Wildman–Crippen LogP) is 1.68. The van der Waals surface area contributed by atoms with E-state index in [1.54, 1.807) is 12.1 Å². The van der Waals surface area contributed by atoms with Gasteiger partial charge in [0.15, 0.2) is 0 Å². The van der Waals surface area contributed by atoms with Crippen LogP contribution in [0.5, 0.6) is 0 Å². The molecule has 2 atom stereocenters. The number of methoxy groups -OCH3 is 1. The molecular weight excluding hydrogens is 230 g/mol. The van der Waals surface area contributed by atoms with Gasteiger partial charge in [0.1, 0.15) is 0 Å². The van der Waals surface area contributed by atoms with E-state index in [2.05, 4.69) is 16.6 Å². The zero-order valence-electron chi connectivity index (χ0n) is 10.8. The van der Waals surface area contributed by atoms with E-state index in [1.807, 2.05) is 12.1 Å². The number of nitrogens with zero attached hydrogens (tertiary/aromatic N) is 1. The zero-order chi connectivity index (χ0) is 13.1. The van der Waals surface area contributed by atoms with Crippen molar-refractivity contribution in [1.82, 2.24) is 0 Å². The quantitative estimate of drug-likeness (QED) is 0.828. The lowest BCUT2D eigenvalue weighted by atomic mass is 10.0. The Balaban J connectivity index is 2.13. The Labute approximate surface area is 107 Å². The molecule has 2 rings (SSSR count). The topological polar surface area (TPSA) is 49.8 Å². The van der Waals surface area contributed by atoms with E-state index in [4.69, 9.17) is 0 Å². The first-order valence-corrected chi connectivity index (χ1v) is 6.23. The van der Waals surface area contributed by atoms with Crippen molar-refractivity contribution in [2.24, 2.45) is 5.92 Å². The van der Waals surface area contributed by atoms with Crippen molar-refractivity contribution in [2.75, 3.05) is 25.2 Å². The molecule has 1 aromatic carbocycles. The van der Waals surface area contributed by atoms with Gasteiger partial charge < -0.3 is 14.7 Å². The molecule has 4 nitrogen and oxygen atoms in total. The average Bonchev–Trinajstić information content (AvgIpc) is 2.79. The Kier molecular flexibility index (Phi) is 3.87. The minimum Gasteiger partial charge on any atom is -0.465 e. The summed E-state index contributed by atoms with van der Waals surface area (Å²) in [6, 6.07) is 7.75. The minimum absolute atomic E-state index is 0.234. The molecule has 1 aliphatic heterocycles. The molecule has 1 fully saturated rings. The summed E-state index contributed by atoms with van der Waals surface area (Å²) in [5.74, 6) is 0.0227. The van der Waals surface area contributed by atoms with Crippen molar-refractivity contribution in [3.8, 4) is 0 Å². The second-order valence-electron chi connectivity index (χ2n) is 4.70. The van der Waals surface area contributed by atoms with Gasteiger partial charge in [-0.1, -0.05) is 0 Å². The molecule has 1 heterocycles. The van der Waals surface area contributed by atoms with Crippen molar-refractivity contribution >= 4 is 11.7 Å². The van der Waals surface area contributed by atoms with Crippen LogP contribution in [0.2, 0.25) is 0 Å². The van der Waals surface area contributed by atoms with Gasteiger partial charge in [-0.25, -0.2) is 4.79 Å². The number of aliphatic hydroxyl groups excluding tert-OH is 1. The lowest BCUT2D eigenvalue weighted by Crippen LogP contribution is -2.31. The van der Waals surface area contributed by atoms with E-state index < -0.39 is 0 Å². The molecule has 4 heteroatoms. The standard InChI is InChI=1S/C14H19NO3/c1-10-12(9-16)7-8-15(10)13-5-3-11(4-6-13)14(17)18-2/h3-6,10,12,16H,7-9H2,1-2H3. The van der Waals surface area contributed by atoms with Crippen LogP contribution in [-0.2, 0) is 4.74 Å². The van der Waals surface area contributed by atoms with E-state index in [9.17, 15) is 9.90 Å². The second kappa shape index (κ2) is 5.40. The fourth-order valence-electron chi connectivity index (χ4n) is 2.52. The molecule has 0 amide bonds. The highest BCUT2D eigenvalue weighted by Gasteiger charge is 2.30. The number of aliphatic hydroxyl groups is 1. The summed E-state index contributed by atoms with van der Waals surface area (Å²) >= 11 is 0. The normalized spacial score (nSPS) is 23.2. The van der Waals surface area contributed by atoms with Crippen LogP contribution in [0.3, 0.4) is 0 Å². The first kappa shape index (κ1) is 12.9. The number of anilines is 1. The molecule has 0 spiro atoms. The summed E-state index contributed by atoms with van der Waals surface area (Å²) in [4.78, 5) is 13.6. The van der Waals surface area contributed by atoms with Crippen LogP contribution < -0.4 is 4.90 Å². The molecule has 98 valence electrons. The number of carbonyl (C=O) groups excluding carboxylic acids is 1. The van der Waals surface area contributed by atoms with Crippen LogP contribution >= 0.6 is 0 Å². The number of hydrogen-bond acceptors (Lipinski definition) is 4. The summed E-state index contributed by atoms with van der Waals surface area (Å²) in [7, 11) is 1.38. The maximum absolute atomic E-state index is 11.3. The van der Waals surface area contributed by atoms with Crippen molar-refractivity contribution in [1.29, 1.82) is 0 Å². The summed E-state index contributed by atoms with van der Waals surface area (Å²) in [6.07, 6.45) is 1.01. The van der Waals surface area contributed by atoms with Gasteiger partial charge in [-0.3, -0.25) is 0 Å². The summed E-state index contributed by atoms with van der Waals surface area (Å²) in [5.41, 5.74) is 1.65. The van der Waals surface area contributed by atoms with E-state index in [-0.39, 0.29) is 12.6 Å². The largest absolute Gasteiger partial charge is 0.465 e. The Morgan fingerprint density at radius 3 is 2.61 bits per heavy atom. The zero-order valence-corrected chi connectivity index (χ0v) is 10.8. The molecule has 0 aromatic heterocycles. The molecule has 1 N–H and O–H groups in total. The van der Waals surface area contributed by atoms with Crippen LogP contribution in [-0.4, -0.2) is 37.4 Å². The molecule has 1 saturated heterocycles. The lowest BCUT2D eigenvalue weighted by Gasteiger charge is -2.26. The smallest absolute Gasteiger partial charge is 0.337 e. The van der Waals surface area contributed by atoms with Gasteiger partial charge in [0, 0.05) is 30.8 Å². The number of hydrogen-bond donors (Lipinski definition) is 1. The summed E-state index contributed by atoms with van der Waals surface area (Å²) in [6.45, 7) is 3.31. The SMILES string of the molecule is COC(=O)c1ccc(N2CCC(CO)C2C)cc1. The minimum atomic E-state index is -0.316. The van der Waals surface area contributed by atoms with Crippen molar-refractivity contribution in [2.45, 2.75) is 19.4 Å². The van der Waals surface area contributed by atoms with E-state index >= 15 is 0 Å². The molecule has 18 heavy (non-hydrogen) atoms. The van der Waals surface area contributed by atoms with Crippen molar-refractivity contribution < 1.29 is 14.6 Å². The highest BCUT2D eigenvalue weighted by Crippen LogP contribution is 2.29. The van der Waals surface area contributed by atoms with Crippen molar-refractivity contribution in [3.63, 3.8) is 0 Å². The molecule has 0 aliphatic carbocycles. The maximum Gasteiger partial charge on any atom is 0.337 e. The predicted molar refractivity (Wildman–Crippen MR) is 69.8 cm³/mol. The first-order chi connectivity index (χ1) is 8.67. The van der Waals surface area contributed by atoms with Crippen LogP contribution in [0, 0.1) is 5.92 Å². The van der Waals surface area contributed by atoms with Gasteiger partial charge >= 0.3 is 5.97 Å². The van der Waals surface area contributed by atoms with Gasteiger partial charge in [0.05, 0.1) is 12.7 Å². The molecule has 0 radical (unpaired) electrons. The molecule has 1 aliphatic rings. The van der Waals surface area contributed by atoms with E-state index in [0.29, 0.717) is 17.5 Å². The Morgan fingerprint density at radius 2 is 2.11 bits per heavy atom. The molecule has 0 bridgehead atoms. The summed E-state index contributed by atoms with van der Waals surface area (Å²) in [5, 5.41) is 9.26. The maximum atomic E-state index is 11.3. The number of esters is 1. The van der Waals surface area contributed by atoms with Crippen LogP contribution in [0.25, 0.3) is 0 Å². The molecule has 2 unspecified atom stereocenters. The van der Waals surface area contributed by atoms with Crippen LogP contribution in [0.4, 0.5) is 5.69 Å². The fraction of sp³-hybridized carbons (Fsp3) is 0.500. The lowest BCUT2D eigenvalue weighted by molar-refractivity contribution is 0.0601. The fourth-order valence-corrected chi connectivity index (χ4v) is 2.52. The van der Waals surface area contributed by atoms with E-state index in [0.717, 1.165) is 18.7 Å². The highest BCUT2D eigenvalue weighted by atomic mass is 16.5. The van der Waals surface area contributed by atoms with Crippen LogP contribution in [0.15, 0.2) is 24.3 Å².